The van der Waals surface area contributed by atoms with Crippen LogP contribution in [0.2, 0.25) is 0 Å². The number of halogens is 5. The highest BCUT2D eigenvalue weighted by molar-refractivity contribution is 9.09. The van der Waals surface area contributed by atoms with Gasteiger partial charge in [0, 0.05) is 12.4 Å². The van der Waals surface area contributed by atoms with Gasteiger partial charge >= 0.3 is 6.18 Å². The molecule has 1 nitrogen and oxygen atoms in total. The second-order valence-corrected chi connectivity index (χ2v) is 3.02. The zero-order valence-corrected chi connectivity index (χ0v) is 7.23. The fourth-order valence-corrected chi connectivity index (χ4v) is 0.950. The van der Waals surface area contributed by atoms with Crippen LogP contribution in [0.1, 0.15) is 4.95 Å². The van der Waals surface area contributed by atoms with Gasteiger partial charge in [-0.15, -0.1) is 0 Å². The second kappa shape index (κ2) is 3.08. The molecule has 68 valence electrons. The lowest BCUT2D eigenvalue weighted by Gasteiger charge is -2.14. The third-order valence-electron chi connectivity index (χ3n) is 1.21. The van der Waals surface area contributed by atoms with Crippen LogP contribution in [0.3, 0.4) is 0 Å². The highest BCUT2D eigenvalue weighted by atomic mass is 79.9. The summed E-state index contributed by atoms with van der Waals surface area (Å²) >= 11 is 2.39. The molecule has 1 aromatic rings. The molecule has 0 saturated carbocycles. The minimum Gasteiger partial charge on any atom is -0.330 e. The van der Waals surface area contributed by atoms with Gasteiger partial charge < -0.3 is 4.57 Å². The minimum absolute atomic E-state index is 0.691. The second-order valence-electron chi connectivity index (χ2n) is 2.15. The van der Waals surface area contributed by atoms with Crippen LogP contribution in [0.5, 0.6) is 0 Å². The molecule has 1 heterocycles. The maximum atomic E-state index is 12.3. The van der Waals surface area contributed by atoms with Crippen molar-refractivity contribution in [1.82, 2.24) is 4.57 Å². The van der Waals surface area contributed by atoms with Crippen molar-refractivity contribution in [3.63, 3.8) is 0 Å². The lowest BCUT2D eigenvalue weighted by atomic mass is 10.6. The Labute approximate surface area is 74.1 Å². The molecule has 1 aromatic heterocycles. The molecular formula is C6H4BrF4N. The normalized spacial score (nSPS) is 14.8. The van der Waals surface area contributed by atoms with E-state index in [-0.39, 0.29) is 0 Å². The van der Waals surface area contributed by atoms with E-state index in [0.717, 1.165) is 18.5 Å². The number of alkyl halides is 4. The smallest absolute Gasteiger partial charge is 0.330 e. The molecule has 0 aliphatic carbocycles. The van der Waals surface area contributed by atoms with Crippen LogP contribution in [0.4, 0.5) is 17.6 Å². The van der Waals surface area contributed by atoms with Crippen LogP contribution in [0.15, 0.2) is 18.5 Å². The average Bonchev–Trinajstić information content (AvgIpc) is 2.32. The van der Waals surface area contributed by atoms with E-state index in [1.807, 2.05) is 0 Å². The topological polar surface area (TPSA) is 4.93 Å². The van der Waals surface area contributed by atoms with Crippen molar-refractivity contribution in [2.24, 2.45) is 0 Å². The standard InChI is InChI=1S/C6H4BrF4N/c7-5(6(9,10)11)12-2-1-4(8)3-12/h1-3,5H. The fourth-order valence-electron chi connectivity index (χ4n) is 0.696. The van der Waals surface area contributed by atoms with Crippen molar-refractivity contribution in [1.29, 1.82) is 0 Å². The number of nitrogens with zero attached hydrogens (tertiary/aromatic N) is 1. The maximum Gasteiger partial charge on any atom is 0.419 e. The van der Waals surface area contributed by atoms with Gasteiger partial charge in [-0.2, -0.15) is 13.2 Å². The van der Waals surface area contributed by atoms with Crippen LogP contribution < -0.4 is 0 Å². The van der Waals surface area contributed by atoms with E-state index in [0.29, 0.717) is 4.57 Å². The summed E-state index contributed by atoms with van der Waals surface area (Å²) in [5.41, 5.74) is 0. The molecule has 0 aliphatic rings. The average molecular weight is 246 g/mol. The Morgan fingerprint density at radius 3 is 2.33 bits per heavy atom. The highest BCUT2D eigenvalue weighted by Gasteiger charge is 2.38. The Morgan fingerprint density at radius 2 is 2.00 bits per heavy atom. The van der Waals surface area contributed by atoms with Gasteiger partial charge in [0.2, 0.25) is 0 Å². The molecule has 0 bridgehead atoms. The van der Waals surface area contributed by atoms with Gasteiger partial charge in [0.15, 0.2) is 4.95 Å². The fraction of sp³-hybridized carbons (Fsp3) is 0.333. The third kappa shape index (κ3) is 2.00. The SMILES string of the molecule is Fc1ccn(C(Br)C(F)(F)F)c1. The maximum absolute atomic E-state index is 12.3. The summed E-state index contributed by atoms with van der Waals surface area (Å²) in [5.74, 6) is -0.691. The Bertz CT molecular complexity index is 267. The van der Waals surface area contributed by atoms with Gasteiger partial charge in [-0.3, -0.25) is 0 Å². The molecule has 0 fully saturated rings. The molecule has 0 aromatic carbocycles. The monoisotopic (exact) mass is 245 g/mol. The first kappa shape index (κ1) is 9.57. The zero-order valence-electron chi connectivity index (χ0n) is 5.65. The summed E-state index contributed by atoms with van der Waals surface area (Å²) in [6, 6.07) is 0.958. The molecule has 1 atom stereocenters. The van der Waals surface area contributed by atoms with Gasteiger partial charge in [-0.25, -0.2) is 4.39 Å². The molecular weight excluding hydrogens is 242 g/mol. The van der Waals surface area contributed by atoms with Crippen molar-refractivity contribution < 1.29 is 17.6 Å². The van der Waals surface area contributed by atoms with E-state index in [9.17, 15) is 17.6 Å². The molecule has 0 saturated heterocycles. The Kier molecular flexibility index (Phi) is 2.46. The van der Waals surface area contributed by atoms with Crippen molar-refractivity contribution in [3.8, 4) is 0 Å². The summed E-state index contributed by atoms with van der Waals surface area (Å²) < 4.78 is 48.8. The largest absolute Gasteiger partial charge is 0.419 e. The predicted molar refractivity (Wildman–Crippen MR) is 38.4 cm³/mol. The summed E-state index contributed by atoms with van der Waals surface area (Å²) in [4.78, 5) is -1.87. The first-order chi connectivity index (χ1) is 5.41. The number of aromatic nitrogens is 1. The van der Waals surface area contributed by atoms with Crippen LogP contribution in [-0.2, 0) is 0 Å². The number of hydrogen-bond donors (Lipinski definition) is 0. The van der Waals surface area contributed by atoms with E-state index in [1.54, 1.807) is 0 Å². The molecule has 0 amide bonds. The van der Waals surface area contributed by atoms with E-state index in [2.05, 4.69) is 15.9 Å². The van der Waals surface area contributed by atoms with E-state index in [4.69, 9.17) is 0 Å². The molecule has 0 radical (unpaired) electrons. The summed E-state index contributed by atoms with van der Waals surface area (Å²) in [7, 11) is 0. The van der Waals surface area contributed by atoms with Crippen LogP contribution in [-0.4, -0.2) is 10.7 Å². The summed E-state index contributed by atoms with van der Waals surface area (Å²) in [6.45, 7) is 0. The highest BCUT2D eigenvalue weighted by Crippen LogP contribution is 2.35. The van der Waals surface area contributed by atoms with Crippen LogP contribution >= 0.6 is 15.9 Å². The minimum atomic E-state index is -4.41. The van der Waals surface area contributed by atoms with E-state index in [1.165, 1.54) is 0 Å². The van der Waals surface area contributed by atoms with Gasteiger partial charge in [-0.1, -0.05) is 15.9 Å². The van der Waals surface area contributed by atoms with Crippen molar-refractivity contribution >= 4 is 15.9 Å². The lowest BCUT2D eigenvalue weighted by Crippen LogP contribution is -2.20. The van der Waals surface area contributed by atoms with Crippen molar-refractivity contribution in [2.75, 3.05) is 0 Å². The molecule has 12 heavy (non-hydrogen) atoms. The van der Waals surface area contributed by atoms with Crippen molar-refractivity contribution in [3.05, 3.63) is 24.3 Å². The summed E-state index contributed by atoms with van der Waals surface area (Å²) in [5, 5.41) is 0. The first-order valence-corrected chi connectivity index (χ1v) is 3.86. The molecule has 1 unspecified atom stereocenters. The van der Waals surface area contributed by atoms with E-state index < -0.39 is 16.9 Å². The molecule has 1 rings (SSSR count). The first-order valence-electron chi connectivity index (χ1n) is 2.95. The van der Waals surface area contributed by atoms with Crippen molar-refractivity contribution in [2.45, 2.75) is 11.1 Å². The van der Waals surface area contributed by atoms with E-state index >= 15 is 0 Å². The predicted octanol–water partition coefficient (Wildman–Crippen LogP) is 3.08. The molecule has 6 heteroatoms. The third-order valence-corrected chi connectivity index (χ3v) is 2.20. The van der Waals surface area contributed by atoms with Gasteiger partial charge in [0.25, 0.3) is 0 Å². The Balaban J connectivity index is 2.85. The molecule has 0 N–H and O–H groups in total. The quantitative estimate of drug-likeness (QED) is 0.530. The lowest BCUT2D eigenvalue weighted by molar-refractivity contribution is -0.141. The molecule has 0 aliphatic heterocycles. The number of hydrogen-bond acceptors (Lipinski definition) is 0. The van der Waals surface area contributed by atoms with Gasteiger partial charge in [-0.05, 0) is 6.07 Å². The zero-order chi connectivity index (χ0) is 9.35. The number of rotatable bonds is 1. The van der Waals surface area contributed by atoms with Gasteiger partial charge in [0.1, 0.15) is 5.82 Å². The van der Waals surface area contributed by atoms with Gasteiger partial charge in [0.05, 0.1) is 0 Å². The molecule has 0 spiro atoms. The summed E-state index contributed by atoms with van der Waals surface area (Å²) in [6.07, 6.45) is -2.62. The van der Waals surface area contributed by atoms with Crippen LogP contribution in [0, 0.1) is 5.82 Å². The Morgan fingerprint density at radius 1 is 1.42 bits per heavy atom. The Hall–Kier alpha value is -0.520. The van der Waals surface area contributed by atoms with Crippen LogP contribution in [0.25, 0.3) is 0 Å².